The molecule has 3 heterocycles. The molecule has 4 aliphatic rings. The maximum atomic E-state index is 9.10. The summed E-state index contributed by atoms with van der Waals surface area (Å²) in [6.45, 7) is 6.65. The van der Waals surface area contributed by atoms with Gasteiger partial charge >= 0.3 is 0 Å². The summed E-state index contributed by atoms with van der Waals surface area (Å²) in [6.07, 6.45) is 8.75. The van der Waals surface area contributed by atoms with Crippen molar-refractivity contribution < 1.29 is 23.0 Å². The third-order valence-electron chi connectivity index (χ3n) is 14.2. The molecule has 3 aromatic heterocycles. The van der Waals surface area contributed by atoms with Crippen molar-refractivity contribution in [3.05, 3.63) is 258 Å². The van der Waals surface area contributed by atoms with Gasteiger partial charge in [-0.1, -0.05) is 190 Å². The second kappa shape index (κ2) is 18.1. The standard InChI is InChI=1S/C68H54N4O/c1-68(2,3)53-39-40-69-64(42-53)72-63-44-56(37-38-59(63)65-51-32-30-46-29-31-50(33-35-52(36-34-51)66(65)72)60(41-46)49-21-11-6-12-22-49)73-55-24-15-23-54(43-55)70-45-71(62-28-14-13-27-61(62)70)67-57(47-17-7-4-8-18-47)25-16-26-58(67)48-19-9-5-10-20-48/h4-29,31,34,36-44H,30,32-33,35H2,1-3H3/i4D,5D,7D,8D,9D,10D,17D,18D,19D,20D. The van der Waals surface area contributed by atoms with E-state index in [1.54, 1.807) is 22.8 Å². The maximum Gasteiger partial charge on any atom is 0.269 e. The van der Waals surface area contributed by atoms with Gasteiger partial charge in [0.05, 0.1) is 47.1 Å². The zero-order valence-electron chi connectivity index (χ0n) is 50.6. The Balaban J connectivity index is 0.961. The zero-order chi connectivity index (χ0) is 57.7. The molecule has 0 saturated carbocycles. The SMILES string of the molecule is [2H]c1c([2H])c([2H])c(-c2cccc(-c3c([2H])c([2H])c([2H])c([2H])c3[2H])c2-[n+]2[c-]n(-c3cccc(Oc4ccc5c6c7ccc(c6n(-c6cc(C(C)(C)C)ccn6)c5c4)CCc4ccc(cc4-c4ccccc4)CC7)c3)c3ccccc32)c([2H])c1[2H]. The smallest absolute Gasteiger partial charge is 0.269 e. The van der Waals surface area contributed by atoms with Crippen LogP contribution < -0.4 is 9.30 Å². The van der Waals surface area contributed by atoms with Crippen molar-refractivity contribution >= 4 is 32.8 Å². The van der Waals surface area contributed by atoms with E-state index in [1.165, 1.54) is 44.3 Å². The summed E-state index contributed by atoms with van der Waals surface area (Å²) in [7, 11) is 0. The van der Waals surface area contributed by atoms with Crippen LogP contribution in [-0.2, 0) is 31.1 Å². The van der Waals surface area contributed by atoms with Gasteiger partial charge in [0.25, 0.3) is 6.33 Å². The first-order valence-electron chi connectivity index (χ1n) is 29.7. The average molecular weight is 953 g/mol. The molecule has 0 unspecified atom stereocenters. The van der Waals surface area contributed by atoms with Crippen LogP contribution in [0.5, 0.6) is 11.5 Å². The molecule has 0 aliphatic heterocycles. The summed E-state index contributed by atoms with van der Waals surface area (Å²) in [5.74, 6) is 1.94. The normalized spacial score (nSPS) is 14.6. The molecule has 352 valence electrons. The summed E-state index contributed by atoms with van der Waals surface area (Å²) in [5, 5.41) is 2.31. The number of ether oxygens (including phenoxy) is 1. The molecule has 0 saturated heterocycles. The second-order valence-corrected chi connectivity index (χ2v) is 19.7. The lowest BCUT2D eigenvalue weighted by Gasteiger charge is -2.20. The molecule has 0 fully saturated rings. The van der Waals surface area contributed by atoms with Crippen LogP contribution in [-0.4, -0.2) is 14.1 Å². The molecule has 0 radical (unpaired) electrons. The fourth-order valence-electron chi connectivity index (χ4n) is 10.6. The number of aryl methyl sites for hydroxylation is 4. The lowest BCUT2D eigenvalue weighted by molar-refractivity contribution is -0.571. The van der Waals surface area contributed by atoms with Gasteiger partial charge in [-0.3, -0.25) is 13.7 Å². The van der Waals surface area contributed by atoms with Crippen molar-refractivity contribution in [3.63, 3.8) is 0 Å². The van der Waals surface area contributed by atoms with Crippen molar-refractivity contribution in [1.82, 2.24) is 14.1 Å². The maximum absolute atomic E-state index is 9.10. The number of imidazole rings is 1. The number of hydrogen-bond donors (Lipinski definition) is 0. The van der Waals surface area contributed by atoms with Crippen LogP contribution in [0.15, 0.2) is 224 Å². The number of hydrogen-bond acceptors (Lipinski definition) is 2. The number of para-hydroxylation sites is 3. The second-order valence-electron chi connectivity index (χ2n) is 19.7. The fraction of sp³-hybridized carbons (Fsp3) is 0.118. The Morgan fingerprint density at radius 3 is 2.03 bits per heavy atom. The van der Waals surface area contributed by atoms with E-state index in [9.17, 15) is 0 Å². The summed E-state index contributed by atoms with van der Waals surface area (Å²) < 4.78 is 100. The van der Waals surface area contributed by atoms with E-state index in [4.69, 9.17) is 23.4 Å². The van der Waals surface area contributed by atoms with Crippen LogP contribution in [0.2, 0.25) is 0 Å². The van der Waals surface area contributed by atoms with Crippen LogP contribution in [0, 0.1) is 6.33 Å². The first-order valence-corrected chi connectivity index (χ1v) is 24.7. The fourth-order valence-corrected chi connectivity index (χ4v) is 10.6. The number of fused-ring (bicyclic) bond motifs is 2. The lowest BCUT2D eigenvalue weighted by atomic mass is 9.88. The van der Waals surface area contributed by atoms with Crippen LogP contribution in [0.4, 0.5) is 0 Å². The molecule has 12 aromatic rings. The van der Waals surface area contributed by atoms with E-state index in [2.05, 4.69) is 117 Å². The molecule has 73 heavy (non-hydrogen) atoms. The van der Waals surface area contributed by atoms with Gasteiger partial charge in [0.15, 0.2) is 0 Å². The minimum atomic E-state index is -0.566. The first kappa shape index (κ1) is 34.5. The van der Waals surface area contributed by atoms with E-state index < -0.39 is 60.4 Å². The van der Waals surface area contributed by atoms with Gasteiger partial charge in [-0.15, -0.1) is 0 Å². The van der Waals surface area contributed by atoms with Gasteiger partial charge in [-0.05, 0) is 135 Å². The first-order chi connectivity index (χ1) is 40.0. The Morgan fingerprint density at radius 2 is 1.25 bits per heavy atom. The highest BCUT2D eigenvalue weighted by Crippen LogP contribution is 2.41. The van der Waals surface area contributed by atoms with E-state index in [-0.39, 0.29) is 33.4 Å². The van der Waals surface area contributed by atoms with Crippen LogP contribution in [0.25, 0.3) is 83.4 Å². The predicted molar refractivity (Wildman–Crippen MR) is 299 cm³/mol. The number of aromatic nitrogens is 4. The summed E-state index contributed by atoms with van der Waals surface area (Å²) >= 11 is 0. The van der Waals surface area contributed by atoms with E-state index >= 15 is 0 Å². The minimum Gasteiger partial charge on any atom is -0.458 e. The molecule has 4 aliphatic carbocycles. The van der Waals surface area contributed by atoms with E-state index in [0.717, 1.165) is 47.9 Å². The van der Waals surface area contributed by atoms with Gasteiger partial charge < -0.3 is 4.74 Å². The van der Waals surface area contributed by atoms with Gasteiger partial charge in [0.1, 0.15) is 17.3 Å². The molecule has 16 rings (SSSR count). The molecule has 0 atom stereocenters. The van der Waals surface area contributed by atoms with E-state index in [0.29, 0.717) is 28.2 Å². The number of benzene rings is 9. The molecule has 0 N–H and O–H groups in total. The molecule has 5 nitrogen and oxygen atoms in total. The number of rotatable bonds is 8. The minimum absolute atomic E-state index is 0.129. The summed E-state index contributed by atoms with van der Waals surface area (Å²) in [6, 6.07) is 47.5. The van der Waals surface area contributed by atoms with Crippen LogP contribution in [0.3, 0.4) is 0 Å². The Morgan fingerprint density at radius 1 is 0.562 bits per heavy atom. The van der Waals surface area contributed by atoms with Crippen molar-refractivity contribution in [3.8, 4) is 62.1 Å². The highest BCUT2D eigenvalue weighted by molar-refractivity contribution is 6.12. The van der Waals surface area contributed by atoms with Crippen molar-refractivity contribution in [2.24, 2.45) is 0 Å². The quantitative estimate of drug-likeness (QED) is 0.112. The third-order valence-corrected chi connectivity index (χ3v) is 14.2. The highest BCUT2D eigenvalue weighted by Gasteiger charge is 2.24. The van der Waals surface area contributed by atoms with Gasteiger partial charge in [-0.25, -0.2) is 4.98 Å². The zero-order valence-corrected chi connectivity index (χ0v) is 40.6. The van der Waals surface area contributed by atoms with Crippen molar-refractivity contribution in [2.75, 3.05) is 0 Å². The largest absolute Gasteiger partial charge is 0.458 e. The average Bonchev–Trinajstić information content (AvgIpc) is 2.55. The number of pyridine rings is 1. The van der Waals surface area contributed by atoms with Gasteiger partial charge in [0.2, 0.25) is 0 Å². The lowest BCUT2D eigenvalue weighted by Crippen LogP contribution is -2.31. The topological polar surface area (TPSA) is 35.9 Å². The molecule has 5 heteroatoms. The third kappa shape index (κ3) is 8.08. The van der Waals surface area contributed by atoms with Crippen molar-refractivity contribution in [1.29, 1.82) is 0 Å². The van der Waals surface area contributed by atoms with Gasteiger partial charge in [0, 0.05) is 23.0 Å². The molecule has 9 aromatic carbocycles. The molecule has 0 amide bonds. The monoisotopic (exact) mass is 952 g/mol. The molecule has 0 spiro atoms. The Bertz CT molecular complexity index is 4510. The van der Waals surface area contributed by atoms with Gasteiger partial charge in [-0.2, -0.15) is 0 Å². The molecular formula is C68H54N4O. The Hall–Kier alpha value is -8.80. The molecular weight excluding hydrogens is 889 g/mol. The predicted octanol–water partition coefficient (Wildman–Crippen LogP) is 16.2. The van der Waals surface area contributed by atoms with Crippen LogP contribution >= 0.6 is 0 Å². The summed E-state index contributed by atoms with van der Waals surface area (Å²) in [4.78, 5) is 5.10. The Kier molecular flexibility index (Phi) is 8.56. The molecule has 4 bridgehead atoms. The van der Waals surface area contributed by atoms with E-state index in [1.807, 2.05) is 65.4 Å². The number of nitrogens with zero attached hydrogens (tertiary/aromatic N) is 4. The highest BCUT2D eigenvalue weighted by atomic mass is 16.5. The summed E-state index contributed by atoms with van der Waals surface area (Å²) in [5.41, 5.74) is 12.8. The van der Waals surface area contributed by atoms with Crippen molar-refractivity contribution in [2.45, 2.75) is 51.9 Å². The van der Waals surface area contributed by atoms with Crippen LogP contribution in [0.1, 0.15) is 62.3 Å². The Labute approximate surface area is 440 Å².